The summed E-state index contributed by atoms with van der Waals surface area (Å²) in [6, 6.07) is 8.34. The Hall–Kier alpha value is 0.332. The molecule has 0 saturated carbocycles. The number of halogens is 2. The van der Waals surface area contributed by atoms with Gasteiger partial charge in [0.1, 0.15) is 0 Å². The van der Waals surface area contributed by atoms with Crippen molar-refractivity contribution in [2.24, 2.45) is 0 Å². The van der Waals surface area contributed by atoms with Gasteiger partial charge in [0.2, 0.25) is 0 Å². The monoisotopic (exact) mass is 188 g/mol. The molecule has 0 aliphatic rings. The predicted molar refractivity (Wildman–Crippen MR) is 36.6 cm³/mol. The zero-order valence-electron chi connectivity index (χ0n) is 5.64. The SMILES string of the molecule is Cc1ccc[c]([Al+2])c1.[Cl-].[Cl-]. The van der Waals surface area contributed by atoms with E-state index in [0.717, 1.165) is 0 Å². The minimum Gasteiger partial charge on any atom is -1.00 e. The maximum absolute atomic E-state index is 2.66. The fourth-order valence-corrected chi connectivity index (χ4v) is 1.04. The molecule has 0 amide bonds. The van der Waals surface area contributed by atoms with Crippen molar-refractivity contribution in [3.05, 3.63) is 29.8 Å². The summed E-state index contributed by atoms with van der Waals surface area (Å²) >= 11 is 2.66. The van der Waals surface area contributed by atoms with Crippen molar-refractivity contribution in [3.63, 3.8) is 0 Å². The van der Waals surface area contributed by atoms with Crippen molar-refractivity contribution in [3.8, 4) is 0 Å². The Bertz CT molecular complexity index is 171. The van der Waals surface area contributed by atoms with Crippen molar-refractivity contribution in [1.29, 1.82) is 0 Å². The second kappa shape index (κ2) is 6.07. The van der Waals surface area contributed by atoms with E-state index in [2.05, 4.69) is 47.5 Å². The fourth-order valence-electron chi connectivity index (χ4n) is 0.670. The Morgan fingerprint density at radius 1 is 1.20 bits per heavy atom. The number of benzene rings is 1. The molecule has 1 aromatic rings. The summed E-state index contributed by atoms with van der Waals surface area (Å²) in [6.45, 7) is 2.09. The average molecular weight is 189 g/mol. The summed E-state index contributed by atoms with van der Waals surface area (Å²) in [5, 5.41) is 0. The Kier molecular flexibility index (Phi) is 7.87. The minimum atomic E-state index is 0. The molecule has 0 bridgehead atoms. The van der Waals surface area contributed by atoms with E-state index in [1.54, 1.807) is 0 Å². The van der Waals surface area contributed by atoms with Gasteiger partial charge in [0.25, 0.3) is 0 Å². The first kappa shape index (κ1) is 13.0. The second-order valence-electron chi connectivity index (χ2n) is 1.91. The molecule has 0 aromatic heterocycles. The van der Waals surface area contributed by atoms with E-state index in [-0.39, 0.29) is 24.8 Å². The third-order valence-corrected chi connectivity index (χ3v) is 1.40. The van der Waals surface area contributed by atoms with Crippen LogP contribution in [0.5, 0.6) is 0 Å². The molecule has 52 valence electrons. The van der Waals surface area contributed by atoms with E-state index in [1.807, 2.05) is 0 Å². The van der Waals surface area contributed by atoms with E-state index in [0.29, 0.717) is 0 Å². The zero-order chi connectivity index (χ0) is 5.98. The molecule has 0 aliphatic carbocycles. The molecule has 0 N–H and O–H groups in total. The van der Waals surface area contributed by atoms with Crippen LogP contribution in [0.15, 0.2) is 24.3 Å². The first-order valence-corrected chi connectivity index (χ1v) is 3.19. The Balaban J connectivity index is 0. The third-order valence-electron chi connectivity index (χ3n) is 1.04. The fraction of sp³-hybridized carbons (Fsp3) is 0.143. The van der Waals surface area contributed by atoms with E-state index in [1.165, 1.54) is 9.99 Å². The summed E-state index contributed by atoms with van der Waals surface area (Å²) in [5.41, 5.74) is 1.32. The van der Waals surface area contributed by atoms with Gasteiger partial charge in [-0.15, -0.1) is 0 Å². The van der Waals surface area contributed by atoms with Crippen molar-refractivity contribution in [2.75, 3.05) is 0 Å². The predicted octanol–water partition coefficient (Wildman–Crippen LogP) is -5.20. The third kappa shape index (κ3) is 4.20. The number of aryl methyl sites for hydroxylation is 1. The molecular formula is C7H7AlCl2. The smallest absolute Gasteiger partial charge is 1.00 e. The van der Waals surface area contributed by atoms with Gasteiger partial charge in [0.05, 0.1) is 0 Å². The maximum Gasteiger partial charge on any atom is -1.00 e. The van der Waals surface area contributed by atoms with Crippen molar-refractivity contribution < 1.29 is 24.8 Å². The summed E-state index contributed by atoms with van der Waals surface area (Å²) in [6.07, 6.45) is 0. The molecule has 0 unspecified atom stereocenters. The van der Waals surface area contributed by atoms with Crippen molar-refractivity contribution in [1.82, 2.24) is 0 Å². The van der Waals surface area contributed by atoms with Crippen LogP contribution in [0.2, 0.25) is 0 Å². The van der Waals surface area contributed by atoms with Gasteiger partial charge in [0.15, 0.2) is 0 Å². The second-order valence-corrected chi connectivity index (χ2v) is 2.58. The summed E-state index contributed by atoms with van der Waals surface area (Å²) in [7, 11) is 0. The van der Waals surface area contributed by atoms with Gasteiger partial charge in [0, 0.05) is 0 Å². The quantitative estimate of drug-likeness (QED) is 0.358. The average Bonchev–Trinajstić information content (AvgIpc) is 1.64. The van der Waals surface area contributed by atoms with Gasteiger partial charge >= 0.3 is 57.5 Å². The Labute approximate surface area is 82.3 Å². The van der Waals surface area contributed by atoms with Gasteiger partial charge in [-0.25, -0.2) is 0 Å². The van der Waals surface area contributed by atoms with Crippen LogP contribution in [0, 0.1) is 6.92 Å². The van der Waals surface area contributed by atoms with Gasteiger partial charge < -0.3 is 24.8 Å². The summed E-state index contributed by atoms with van der Waals surface area (Å²) in [5.74, 6) is 0. The Morgan fingerprint density at radius 2 is 1.80 bits per heavy atom. The Morgan fingerprint density at radius 3 is 2.10 bits per heavy atom. The van der Waals surface area contributed by atoms with Crippen molar-refractivity contribution >= 4 is 20.7 Å². The van der Waals surface area contributed by atoms with Gasteiger partial charge in [-0.2, -0.15) is 0 Å². The first-order chi connectivity index (χ1) is 3.79. The molecule has 0 aliphatic heterocycles. The molecule has 1 rings (SSSR count). The van der Waals surface area contributed by atoms with E-state index < -0.39 is 0 Å². The topological polar surface area (TPSA) is 0 Å². The van der Waals surface area contributed by atoms with Gasteiger partial charge in [-0.3, -0.25) is 0 Å². The molecule has 0 fully saturated rings. The molecule has 0 saturated heterocycles. The summed E-state index contributed by atoms with van der Waals surface area (Å²) in [4.78, 5) is 0. The normalized spacial score (nSPS) is 7.50. The molecule has 0 radical (unpaired) electrons. The zero-order valence-corrected chi connectivity index (χ0v) is 8.31. The van der Waals surface area contributed by atoms with Crippen LogP contribution in [0.3, 0.4) is 0 Å². The van der Waals surface area contributed by atoms with Gasteiger partial charge in [-0.1, -0.05) is 0 Å². The van der Waals surface area contributed by atoms with Crippen LogP contribution < -0.4 is 29.2 Å². The molecule has 0 nitrogen and oxygen atoms in total. The standard InChI is InChI=1S/C7H7.Al.2ClH/c1-7-5-3-2-4-6-7;;;/h2-3,5-6H,1H3;;2*1H/q;+2;;/p-2. The number of hydrogen-bond acceptors (Lipinski definition) is 0. The number of hydrogen-bond donors (Lipinski definition) is 0. The number of rotatable bonds is 0. The largest absolute Gasteiger partial charge is 1.00 e. The van der Waals surface area contributed by atoms with Crippen LogP contribution in [0.1, 0.15) is 5.56 Å². The van der Waals surface area contributed by atoms with E-state index in [4.69, 9.17) is 0 Å². The van der Waals surface area contributed by atoms with Crippen LogP contribution in [-0.2, 0) is 0 Å². The van der Waals surface area contributed by atoms with Gasteiger partial charge in [-0.05, 0) is 0 Å². The maximum atomic E-state index is 2.66. The first-order valence-electron chi connectivity index (χ1n) is 2.61. The molecule has 0 heterocycles. The molecule has 1 aromatic carbocycles. The minimum absolute atomic E-state index is 0. The van der Waals surface area contributed by atoms with Crippen molar-refractivity contribution in [2.45, 2.75) is 6.92 Å². The summed E-state index contributed by atoms with van der Waals surface area (Å²) < 4.78 is 1.25. The van der Waals surface area contributed by atoms with E-state index in [9.17, 15) is 0 Å². The molecule has 0 atom stereocenters. The van der Waals surface area contributed by atoms with Crippen LogP contribution in [0.25, 0.3) is 0 Å². The molecular weight excluding hydrogens is 182 g/mol. The van der Waals surface area contributed by atoms with Crippen LogP contribution >= 0.6 is 0 Å². The van der Waals surface area contributed by atoms with Crippen LogP contribution in [0.4, 0.5) is 0 Å². The molecule has 0 spiro atoms. The molecule has 3 heteroatoms. The van der Waals surface area contributed by atoms with E-state index >= 15 is 0 Å². The van der Waals surface area contributed by atoms with Crippen LogP contribution in [-0.4, -0.2) is 16.3 Å². The molecule has 10 heavy (non-hydrogen) atoms.